The predicted molar refractivity (Wildman–Crippen MR) is 142 cm³/mol. The van der Waals surface area contributed by atoms with Crippen molar-refractivity contribution in [2.45, 2.75) is 79.1 Å². The van der Waals surface area contributed by atoms with E-state index in [1.54, 1.807) is 11.3 Å². The molecule has 1 aromatic heterocycles. The van der Waals surface area contributed by atoms with Crippen molar-refractivity contribution in [3.8, 4) is 0 Å². The highest BCUT2D eigenvalue weighted by Crippen LogP contribution is 2.42. The zero-order valence-electron chi connectivity index (χ0n) is 20.6. The lowest BCUT2D eigenvalue weighted by molar-refractivity contribution is -0.121. The summed E-state index contributed by atoms with van der Waals surface area (Å²) in [6.45, 7) is 13.5. The molecule has 2 heterocycles. The fourth-order valence-corrected chi connectivity index (χ4v) is 5.88. The first-order chi connectivity index (χ1) is 15.6. The summed E-state index contributed by atoms with van der Waals surface area (Å²) in [6.07, 6.45) is 1.95. The second kappa shape index (κ2) is 11.0. The lowest BCUT2D eigenvalue weighted by atomic mass is 9.99. The third-order valence-electron chi connectivity index (χ3n) is 6.35. The summed E-state index contributed by atoms with van der Waals surface area (Å²) in [5, 5.41) is 4.93. The fraction of sp³-hybridized carbons (Fsp3) is 0.538. The van der Waals surface area contributed by atoms with Crippen LogP contribution in [0.1, 0.15) is 68.5 Å². The highest BCUT2D eigenvalue weighted by molar-refractivity contribution is 7.16. The van der Waals surface area contributed by atoms with E-state index >= 15 is 0 Å². The summed E-state index contributed by atoms with van der Waals surface area (Å²) >= 11 is 7.95. The van der Waals surface area contributed by atoms with E-state index in [0.717, 1.165) is 34.7 Å². The second-order valence-electron chi connectivity index (χ2n) is 9.38. The molecule has 1 aliphatic rings. The molecule has 2 aromatic rings. The Kier molecular flexibility index (Phi) is 8.59. The van der Waals surface area contributed by atoms with Gasteiger partial charge in [-0.05, 0) is 57.2 Å². The maximum Gasteiger partial charge on any atom is 0.222 e. The minimum Gasteiger partial charge on any atom is -0.356 e. The minimum absolute atomic E-state index is 0.0295. The monoisotopic (exact) mass is 488 g/mol. The molecule has 5 nitrogen and oxygen atoms in total. The van der Waals surface area contributed by atoms with Crippen molar-refractivity contribution in [3.05, 3.63) is 50.9 Å². The number of nitrogens with two attached hydrogens (primary N) is 1. The van der Waals surface area contributed by atoms with Gasteiger partial charge >= 0.3 is 0 Å². The number of aryl methyl sites for hydroxylation is 1. The molecule has 7 heteroatoms. The molecule has 0 spiro atoms. The Bertz CT molecular complexity index is 996. The van der Waals surface area contributed by atoms with Gasteiger partial charge in [0.15, 0.2) is 0 Å². The number of nitrogens with one attached hydrogen (secondary N) is 1. The molecule has 0 aliphatic carbocycles. The van der Waals surface area contributed by atoms with Gasteiger partial charge in [-0.15, -0.1) is 11.3 Å². The van der Waals surface area contributed by atoms with Crippen LogP contribution in [0.2, 0.25) is 5.02 Å². The quantitative estimate of drug-likeness (QED) is 0.502. The third kappa shape index (κ3) is 5.79. The third-order valence-corrected chi connectivity index (χ3v) is 7.82. The number of nitrogens with zero attached hydrogens (tertiary/aromatic N) is 2. The summed E-state index contributed by atoms with van der Waals surface area (Å²) in [5.74, 6) is 0.595. The van der Waals surface area contributed by atoms with Crippen molar-refractivity contribution in [2.75, 3.05) is 11.4 Å². The number of aliphatic imine (C=N–C) groups is 1. The molecule has 1 aromatic carbocycles. The van der Waals surface area contributed by atoms with E-state index in [-0.39, 0.29) is 24.2 Å². The van der Waals surface area contributed by atoms with Gasteiger partial charge in [0.05, 0.1) is 30.4 Å². The number of amides is 1. The first kappa shape index (κ1) is 25.7. The molecule has 33 heavy (non-hydrogen) atoms. The Balaban J connectivity index is 2.10. The molecule has 0 fully saturated rings. The highest BCUT2D eigenvalue weighted by atomic mass is 35.5. The van der Waals surface area contributed by atoms with Gasteiger partial charge in [0.25, 0.3) is 0 Å². The van der Waals surface area contributed by atoms with Gasteiger partial charge in [-0.2, -0.15) is 0 Å². The van der Waals surface area contributed by atoms with Crippen molar-refractivity contribution >= 4 is 39.6 Å². The Morgan fingerprint density at radius 3 is 2.48 bits per heavy atom. The number of anilines is 1. The molecule has 180 valence electrons. The lowest BCUT2D eigenvalue weighted by Crippen LogP contribution is -2.51. The van der Waals surface area contributed by atoms with Crippen LogP contribution in [-0.4, -0.2) is 36.4 Å². The van der Waals surface area contributed by atoms with Crippen molar-refractivity contribution in [2.24, 2.45) is 16.6 Å². The number of hydrogen-bond acceptors (Lipinski definition) is 5. The summed E-state index contributed by atoms with van der Waals surface area (Å²) in [4.78, 5) is 21.7. The molecule has 3 atom stereocenters. The number of benzene rings is 1. The normalized spacial score (nSPS) is 19.2. The smallest absolute Gasteiger partial charge is 0.222 e. The molecule has 0 bridgehead atoms. The highest BCUT2D eigenvalue weighted by Gasteiger charge is 2.37. The second-order valence-corrected chi connectivity index (χ2v) is 11.0. The Hall–Kier alpha value is -1.89. The summed E-state index contributed by atoms with van der Waals surface area (Å²) in [7, 11) is 0. The first-order valence-corrected chi connectivity index (χ1v) is 13.1. The van der Waals surface area contributed by atoms with E-state index in [1.807, 2.05) is 31.2 Å². The van der Waals surface area contributed by atoms with E-state index in [1.165, 1.54) is 10.4 Å². The molecular weight excluding hydrogens is 452 g/mol. The number of rotatable bonds is 8. The summed E-state index contributed by atoms with van der Waals surface area (Å²) in [5.41, 5.74) is 10.8. The fourth-order valence-electron chi connectivity index (χ4n) is 4.45. The molecule has 0 saturated carbocycles. The Morgan fingerprint density at radius 2 is 1.91 bits per heavy atom. The zero-order valence-corrected chi connectivity index (χ0v) is 22.2. The standard InChI is InChI=1S/C26H37ClN4OS/c1-7-22-21(14-23(32)29-13-12-15(2)3)30-25(19-8-10-20(27)11-9-19)24-16(4)17(5)33-26(24)31(22)18(6)28/h8-11,15,18,21-22H,7,12-14,28H2,1-6H3,(H,29,32)/t18?,21-,22?/m0/s1. The topological polar surface area (TPSA) is 70.7 Å². The maximum atomic E-state index is 12.9. The van der Waals surface area contributed by atoms with Gasteiger partial charge in [-0.3, -0.25) is 9.79 Å². The molecule has 1 aliphatic heterocycles. The van der Waals surface area contributed by atoms with Crippen LogP contribution < -0.4 is 16.0 Å². The van der Waals surface area contributed by atoms with Crippen LogP contribution in [0.5, 0.6) is 0 Å². The largest absolute Gasteiger partial charge is 0.356 e. The average Bonchev–Trinajstić information content (AvgIpc) is 2.95. The molecular formula is C26H37ClN4OS. The van der Waals surface area contributed by atoms with Crippen molar-refractivity contribution in [3.63, 3.8) is 0 Å². The van der Waals surface area contributed by atoms with E-state index < -0.39 is 0 Å². The number of halogens is 1. The zero-order chi connectivity index (χ0) is 24.3. The van der Waals surface area contributed by atoms with Crippen LogP contribution in [0.15, 0.2) is 29.3 Å². The number of fused-ring (bicyclic) bond motifs is 1. The molecule has 2 unspecified atom stereocenters. The van der Waals surface area contributed by atoms with Crippen molar-refractivity contribution in [1.82, 2.24) is 5.32 Å². The average molecular weight is 489 g/mol. The molecule has 0 radical (unpaired) electrons. The van der Waals surface area contributed by atoms with E-state index in [0.29, 0.717) is 23.9 Å². The Morgan fingerprint density at radius 1 is 1.24 bits per heavy atom. The molecule has 3 N–H and O–H groups in total. The first-order valence-electron chi connectivity index (χ1n) is 11.9. The van der Waals surface area contributed by atoms with Gasteiger partial charge in [0, 0.05) is 27.6 Å². The maximum absolute atomic E-state index is 12.9. The lowest BCUT2D eigenvalue weighted by Gasteiger charge is -2.37. The summed E-state index contributed by atoms with van der Waals surface area (Å²) < 4.78 is 0. The van der Waals surface area contributed by atoms with E-state index in [2.05, 4.69) is 44.8 Å². The van der Waals surface area contributed by atoms with Gasteiger partial charge in [0.1, 0.15) is 5.00 Å². The predicted octanol–water partition coefficient (Wildman–Crippen LogP) is 5.68. The van der Waals surface area contributed by atoms with Gasteiger partial charge in [-0.1, -0.05) is 44.5 Å². The van der Waals surface area contributed by atoms with Crippen LogP contribution in [0.4, 0.5) is 5.00 Å². The van der Waals surface area contributed by atoms with Crippen LogP contribution >= 0.6 is 22.9 Å². The van der Waals surface area contributed by atoms with Gasteiger partial charge in [0.2, 0.25) is 5.91 Å². The van der Waals surface area contributed by atoms with E-state index in [4.69, 9.17) is 22.3 Å². The van der Waals surface area contributed by atoms with Crippen LogP contribution in [0.25, 0.3) is 0 Å². The van der Waals surface area contributed by atoms with Crippen molar-refractivity contribution < 1.29 is 4.79 Å². The number of thiophene rings is 1. The van der Waals surface area contributed by atoms with Crippen LogP contribution in [-0.2, 0) is 4.79 Å². The number of carbonyl (C=O) groups excluding carboxylic acids is 1. The molecule has 0 saturated heterocycles. The minimum atomic E-state index is -0.204. The SMILES string of the molecule is CCC1[C@H](CC(=O)NCCC(C)C)N=C(c2ccc(Cl)cc2)c2c(sc(C)c2C)N1C(C)N. The number of carbonyl (C=O) groups is 1. The van der Waals surface area contributed by atoms with Crippen LogP contribution in [0, 0.1) is 19.8 Å². The van der Waals surface area contributed by atoms with E-state index in [9.17, 15) is 4.79 Å². The summed E-state index contributed by atoms with van der Waals surface area (Å²) in [6, 6.07) is 7.64. The van der Waals surface area contributed by atoms with Crippen LogP contribution in [0.3, 0.4) is 0 Å². The van der Waals surface area contributed by atoms with Gasteiger partial charge < -0.3 is 16.0 Å². The number of hydrogen-bond donors (Lipinski definition) is 2. The Labute approximate surface area is 207 Å². The van der Waals surface area contributed by atoms with Crippen molar-refractivity contribution in [1.29, 1.82) is 0 Å². The molecule has 1 amide bonds. The molecule has 3 rings (SSSR count). The van der Waals surface area contributed by atoms with Gasteiger partial charge in [-0.25, -0.2) is 0 Å².